The van der Waals surface area contributed by atoms with Crippen molar-refractivity contribution in [1.82, 2.24) is 9.69 Å². The van der Waals surface area contributed by atoms with Crippen LogP contribution in [0.3, 0.4) is 0 Å². The van der Waals surface area contributed by atoms with Crippen LogP contribution in [0.5, 0.6) is 11.5 Å². The van der Waals surface area contributed by atoms with Gasteiger partial charge >= 0.3 is 0 Å². The van der Waals surface area contributed by atoms with E-state index in [1.165, 1.54) is 19.1 Å². The van der Waals surface area contributed by atoms with Crippen molar-refractivity contribution in [2.24, 2.45) is 5.73 Å². The molecule has 4 rings (SSSR count). The Morgan fingerprint density at radius 3 is 2.39 bits per heavy atom. The number of amides is 3. The Morgan fingerprint density at radius 2 is 1.79 bits per heavy atom. The Bertz CT molecular complexity index is 1350. The number of benzene rings is 2. The average Bonchev–Trinajstić information content (AvgIpc) is 3.55. The van der Waals surface area contributed by atoms with Crippen LogP contribution in [0, 0.1) is 6.92 Å². The van der Waals surface area contributed by atoms with Crippen molar-refractivity contribution in [3.63, 3.8) is 0 Å². The van der Waals surface area contributed by atoms with Crippen LogP contribution >= 0.6 is 11.5 Å². The SMILES string of the molecule is COc1ccc([C@@H](C(=O)NC2CCCC2)N(C(=O)c2snc(C(N)=O)c2N)c2cccc(C)c2)cc1OC. The topological polar surface area (TPSA) is 150 Å². The zero-order valence-corrected chi connectivity index (χ0v) is 22.3. The summed E-state index contributed by atoms with van der Waals surface area (Å²) in [5, 5.41) is 3.13. The molecule has 11 heteroatoms. The van der Waals surface area contributed by atoms with Gasteiger partial charge in [-0.15, -0.1) is 0 Å². The summed E-state index contributed by atoms with van der Waals surface area (Å²) in [5.41, 5.74) is 13.1. The maximum Gasteiger partial charge on any atom is 0.273 e. The van der Waals surface area contributed by atoms with E-state index in [4.69, 9.17) is 20.9 Å². The van der Waals surface area contributed by atoms with E-state index in [2.05, 4.69) is 9.69 Å². The molecule has 2 aromatic carbocycles. The van der Waals surface area contributed by atoms with Crippen molar-refractivity contribution in [2.75, 3.05) is 24.9 Å². The summed E-state index contributed by atoms with van der Waals surface area (Å²) in [4.78, 5) is 41.4. The number of nitrogens with two attached hydrogens (primary N) is 2. The first-order valence-corrected chi connectivity index (χ1v) is 13.0. The number of nitrogen functional groups attached to an aromatic ring is 1. The molecule has 0 unspecified atom stereocenters. The minimum absolute atomic E-state index is 0.00884. The number of ether oxygens (including phenoxy) is 2. The molecule has 10 nitrogen and oxygen atoms in total. The van der Waals surface area contributed by atoms with Gasteiger partial charge in [0, 0.05) is 11.7 Å². The fourth-order valence-electron chi connectivity index (χ4n) is 4.69. The van der Waals surface area contributed by atoms with Gasteiger partial charge in [0.05, 0.1) is 19.9 Å². The normalized spacial score (nSPS) is 14.1. The van der Waals surface area contributed by atoms with Gasteiger partial charge in [0.15, 0.2) is 17.2 Å². The molecule has 0 spiro atoms. The zero-order chi connectivity index (χ0) is 27.4. The van der Waals surface area contributed by atoms with Crippen molar-refractivity contribution in [3.05, 3.63) is 64.2 Å². The molecular formula is C27H31N5O5S. The van der Waals surface area contributed by atoms with Gasteiger partial charge in [-0.25, -0.2) is 0 Å². The molecule has 0 bridgehead atoms. The Labute approximate surface area is 225 Å². The number of primary amides is 1. The number of carbonyl (C=O) groups excluding carboxylic acids is 3. The molecule has 1 heterocycles. The van der Waals surface area contributed by atoms with Crippen molar-refractivity contribution in [1.29, 1.82) is 0 Å². The molecule has 5 N–H and O–H groups in total. The number of carbonyl (C=O) groups is 3. The Morgan fingerprint density at radius 1 is 1.08 bits per heavy atom. The molecule has 0 saturated heterocycles. The van der Waals surface area contributed by atoms with Gasteiger partial charge in [0.2, 0.25) is 5.91 Å². The Kier molecular flexibility index (Phi) is 8.16. The third-order valence-electron chi connectivity index (χ3n) is 6.59. The van der Waals surface area contributed by atoms with Crippen LogP contribution < -0.4 is 31.2 Å². The molecule has 3 amide bonds. The summed E-state index contributed by atoms with van der Waals surface area (Å²) in [7, 11) is 3.02. The van der Waals surface area contributed by atoms with Gasteiger partial charge in [0.25, 0.3) is 11.8 Å². The molecule has 38 heavy (non-hydrogen) atoms. The lowest BCUT2D eigenvalue weighted by Crippen LogP contribution is -2.46. The summed E-state index contributed by atoms with van der Waals surface area (Å²) >= 11 is 0.767. The standard InChI is InChI=1S/C27H31N5O5S/c1-15-7-6-10-18(13-15)32(27(35)24-21(28)22(25(29)33)31-38-24)23(26(34)30-17-8-4-5-9-17)16-11-12-19(36-2)20(14-16)37-3/h6-7,10-14,17,23H,4-5,8-9,28H2,1-3H3,(H2,29,33)(H,30,34)/t23-/m0/s1. The van der Waals surface area contributed by atoms with Gasteiger partial charge in [-0.3, -0.25) is 19.3 Å². The van der Waals surface area contributed by atoms with Gasteiger partial charge in [0.1, 0.15) is 10.9 Å². The number of methoxy groups -OCH3 is 2. The second-order valence-electron chi connectivity index (χ2n) is 9.16. The predicted octanol–water partition coefficient (Wildman–Crippen LogP) is 3.60. The number of hydrogen-bond donors (Lipinski definition) is 3. The molecule has 3 aromatic rings. The quantitative estimate of drug-likeness (QED) is 0.377. The maximum absolute atomic E-state index is 14.2. The van der Waals surface area contributed by atoms with Crippen LogP contribution in [-0.4, -0.2) is 42.4 Å². The number of nitrogens with zero attached hydrogens (tertiary/aromatic N) is 2. The minimum atomic E-state index is -1.09. The number of aryl methyl sites for hydroxylation is 1. The van der Waals surface area contributed by atoms with Crippen LogP contribution in [0.1, 0.15) is 63.0 Å². The molecule has 1 aromatic heterocycles. The molecule has 0 radical (unpaired) electrons. The molecule has 1 saturated carbocycles. The lowest BCUT2D eigenvalue weighted by Gasteiger charge is -2.32. The number of aromatic nitrogens is 1. The summed E-state index contributed by atoms with van der Waals surface area (Å²) < 4.78 is 14.9. The van der Waals surface area contributed by atoms with Crippen molar-refractivity contribution in [3.8, 4) is 11.5 Å². The molecule has 1 aliphatic rings. The van der Waals surface area contributed by atoms with E-state index in [0.29, 0.717) is 22.7 Å². The van der Waals surface area contributed by atoms with Crippen LogP contribution in [0.2, 0.25) is 0 Å². The van der Waals surface area contributed by atoms with Crippen LogP contribution in [-0.2, 0) is 4.79 Å². The molecular weight excluding hydrogens is 506 g/mol. The van der Waals surface area contributed by atoms with Crippen molar-refractivity contribution >= 4 is 40.6 Å². The number of nitrogens with one attached hydrogen (secondary N) is 1. The predicted molar refractivity (Wildman–Crippen MR) is 146 cm³/mol. The number of anilines is 2. The highest BCUT2D eigenvalue weighted by Crippen LogP contribution is 2.37. The highest BCUT2D eigenvalue weighted by molar-refractivity contribution is 7.09. The van der Waals surface area contributed by atoms with E-state index in [0.717, 1.165) is 42.8 Å². The van der Waals surface area contributed by atoms with E-state index in [1.54, 1.807) is 36.4 Å². The van der Waals surface area contributed by atoms with E-state index in [9.17, 15) is 14.4 Å². The Hall–Kier alpha value is -4.12. The third-order valence-corrected chi connectivity index (χ3v) is 7.44. The third kappa shape index (κ3) is 5.42. The van der Waals surface area contributed by atoms with E-state index >= 15 is 0 Å². The first kappa shape index (κ1) is 26.9. The van der Waals surface area contributed by atoms with Crippen molar-refractivity contribution < 1.29 is 23.9 Å². The smallest absolute Gasteiger partial charge is 0.273 e. The summed E-state index contributed by atoms with van der Waals surface area (Å²) in [5.74, 6) is -0.877. The lowest BCUT2D eigenvalue weighted by molar-refractivity contribution is -0.123. The first-order valence-electron chi connectivity index (χ1n) is 12.2. The fourth-order valence-corrected chi connectivity index (χ4v) is 5.43. The number of rotatable bonds is 9. The van der Waals surface area contributed by atoms with Gasteiger partial charge in [-0.1, -0.05) is 31.0 Å². The maximum atomic E-state index is 14.2. The van der Waals surface area contributed by atoms with E-state index in [-0.39, 0.29) is 28.2 Å². The highest BCUT2D eigenvalue weighted by atomic mass is 32.1. The van der Waals surface area contributed by atoms with Gasteiger partial charge < -0.3 is 26.3 Å². The minimum Gasteiger partial charge on any atom is -0.493 e. The molecule has 200 valence electrons. The molecule has 0 aliphatic heterocycles. The number of hydrogen-bond acceptors (Lipinski definition) is 8. The van der Waals surface area contributed by atoms with E-state index < -0.39 is 17.9 Å². The first-order chi connectivity index (χ1) is 18.2. The van der Waals surface area contributed by atoms with Crippen molar-refractivity contribution in [2.45, 2.75) is 44.7 Å². The highest BCUT2D eigenvalue weighted by Gasteiger charge is 2.37. The summed E-state index contributed by atoms with van der Waals surface area (Å²) in [6, 6.07) is 11.3. The summed E-state index contributed by atoms with van der Waals surface area (Å²) in [6.45, 7) is 1.89. The Balaban J connectivity index is 1.90. The molecule has 1 atom stereocenters. The van der Waals surface area contributed by atoms with Gasteiger partial charge in [-0.2, -0.15) is 4.37 Å². The lowest BCUT2D eigenvalue weighted by atomic mass is 10.0. The zero-order valence-electron chi connectivity index (χ0n) is 21.5. The van der Waals surface area contributed by atoms with Crippen LogP contribution in [0.4, 0.5) is 11.4 Å². The van der Waals surface area contributed by atoms with Crippen LogP contribution in [0.15, 0.2) is 42.5 Å². The van der Waals surface area contributed by atoms with Crippen LogP contribution in [0.25, 0.3) is 0 Å². The fraction of sp³-hybridized carbons (Fsp3) is 0.333. The summed E-state index contributed by atoms with van der Waals surface area (Å²) in [6.07, 6.45) is 3.79. The van der Waals surface area contributed by atoms with Gasteiger partial charge in [-0.05, 0) is 66.7 Å². The average molecular weight is 538 g/mol. The monoisotopic (exact) mass is 537 g/mol. The molecule has 1 fully saturated rings. The largest absolute Gasteiger partial charge is 0.493 e. The molecule has 1 aliphatic carbocycles. The second-order valence-corrected chi connectivity index (χ2v) is 9.93. The van der Waals surface area contributed by atoms with E-state index in [1.807, 2.05) is 13.0 Å². The second kappa shape index (κ2) is 11.5.